The first-order chi connectivity index (χ1) is 14.7. The van der Waals surface area contributed by atoms with Gasteiger partial charge in [-0.3, -0.25) is 14.5 Å². The van der Waals surface area contributed by atoms with Gasteiger partial charge < -0.3 is 10.1 Å². The number of halogens is 2. The molecule has 1 heterocycles. The number of benzene rings is 2. The van der Waals surface area contributed by atoms with Crippen LogP contribution >= 0.6 is 0 Å². The van der Waals surface area contributed by atoms with Gasteiger partial charge in [-0.1, -0.05) is 18.2 Å². The molecule has 0 atom stereocenters. The van der Waals surface area contributed by atoms with Crippen LogP contribution < -0.4 is 14.8 Å². The second-order valence-electron chi connectivity index (χ2n) is 6.56. The number of anilines is 1. The van der Waals surface area contributed by atoms with Gasteiger partial charge in [-0.05, 0) is 36.2 Å². The van der Waals surface area contributed by atoms with Crippen molar-refractivity contribution in [2.24, 2.45) is 0 Å². The van der Waals surface area contributed by atoms with E-state index in [1.807, 2.05) is 0 Å². The van der Waals surface area contributed by atoms with Crippen molar-refractivity contribution in [3.05, 3.63) is 83.2 Å². The molecule has 0 saturated carbocycles. The molecule has 0 bridgehead atoms. The lowest BCUT2D eigenvalue weighted by atomic mass is 10.1. The summed E-state index contributed by atoms with van der Waals surface area (Å²) in [6.45, 7) is 1.44. The van der Waals surface area contributed by atoms with Crippen LogP contribution in [0.5, 0.6) is 5.75 Å². The van der Waals surface area contributed by atoms with Crippen molar-refractivity contribution >= 4 is 21.6 Å². The molecule has 31 heavy (non-hydrogen) atoms. The predicted octanol–water partition coefficient (Wildman–Crippen LogP) is 3.41. The quantitative estimate of drug-likeness (QED) is 0.579. The van der Waals surface area contributed by atoms with E-state index in [1.165, 1.54) is 37.7 Å². The Morgan fingerprint density at radius 2 is 1.90 bits per heavy atom. The molecule has 0 aliphatic rings. The van der Waals surface area contributed by atoms with Gasteiger partial charge in [0.05, 0.1) is 18.9 Å². The summed E-state index contributed by atoms with van der Waals surface area (Å²) >= 11 is 0. The summed E-state index contributed by atoms with van der Waals surface area (Å²) in [5.41, 5.74) is 0.678. The van der Waals surface area contributed by atoms with Gasteiger partial charge in [0.15, 0.2) is 11.6 Å². The zero-order valence-corrected chi connectivity index (χ0v) is 17.5. The number of methoxy groups -OCH3 is 1. The van der Waals surface area contributed by atoms with E-state index in [1.54, 1.807) is 19.1 Å². The van der Waals surface area contributed by atoms with E-state index in [2.05, 4.69) is 15.0 Å². The smallest absolute Gasteiger partial charge is 0.263 e. The Bertz CT molecular complexity index is 1230. The van der Waals surface area contributed by atoms with E-state index >= 15 is 0 Å². The molecule has 0 aliphatic carbocycles. The number of amides is 1. The van der Waals surface area contributed by atoms with Gasteiger partial charge in [-0.25, -0.2) is 17.2 Å². The highest BCUT2D eigenvalue weighted by molar-refractivity contribution is 7.92. The number of carbonyl (C=O) groups is 1. The fourth-order valence-electron chi connectivity index (χ4n) is 2.95. The number of ether oxygens (including phenoxy) is 1. The lowest BCUT2D eigenvalue weighted by Gasteiger charge is -2.16. The molecular formula is C21H19F2N3O4S. The van der Waals surface area contributed by atoms with Gasteiger partial charge in [-0.15, -0.1) is 0 Å². The van der Waals surface area contributed by atoms with E-state index in [-0.39, 0.29) is 28.4 Å². The summed E-state index contributed by atoms with van der Waals surface area (Å²) in [6.07, 6.45) is 2.74. The van der Waals surface area contributed by atoms with Crippen LogP contribution in [0.1, 0.15) is 21.5 Å². The number of nitrogens with zero attached hydrogens (tertiary/aromatic N) is 1. The lowest BCUT2D eigenvalue weighted by Crippen LogP contribution is -2.27. The van der Waals surface area contributed by atoms with Crippen LogP contribution in [-0.4, -0.2) is 26.4 Å². The molecule has 0 spiro atoms. The molecular weight excluding hydrogens is 428 g/mol. The molecule has 2 aromatic carbocycles. The fraction of sp³-hybridized carbons (Fsp3) is 0.143. The second-order valence-corrected chi connectivity index (χ2v) is 8.18. The summed E-state index contributed by atoms with van der Waals surface area (Å²) < 4.78 is 60.2. The van der Waals surface area contributed by atoms with Crippen molar-refractivity contribution in [2.75, 3.05) is 11.8 Å². The van der Waals surface area contributed by atoms with Crippen molar-refractivity contribution < 1.29 is 26.7 Å². The van der Waals surface area contributed by atoms with Crippen LogP contribution in [0.15, 0.2) is 59.8 Å². The molecule has 0 fully saturated rings. The highest BCUT2D eigenvalue weighted by Gasteiger charge is 2.26. The number of hydrogen-bond acceptors (Lipinski definition) is 5. The van der Waals surface area contributed by atoms with Gasteiger partial charge in [0.1, 0.15) is 16.3 Å². The standard InChI is InChI=1S/C21H19F2N3O4S/c1-13-4-3-5-15(21(27)25-11-14-6-7-16(22)17(23)10-14)20(13)31(28,29)26-18-12-24-9-8-19(18)30-2/h3-10,12,26H,11H2,1-2H3,(H,25,27). The number of nitrogens with one attached hydrogen (secondary N) is 2. The van der Waals surface area contributed by atoms with Gasteiger partial charge in [0.25, 0.3) is 15.9 Å². The number of rotatable bonds is 7. The highest BCUT2D eigenvalue weighted by Crippen LogP contribution is 2.28. The van der Waals surface area contributed by atoms with Gasteiger partial charge in [-0.2, -0.15) is 0 Å². The number of pyridine rings is 1. The Morgan fingerprint density at radius 3 is 2.61 bits per heavy atom. The summed E-state index contributed by atoms with van der Waals surface area (Å²) in [6, 6.07) is 9.19. The molecule has 3 rings (SSSR count). The Labute approximate surface area is 178 Å². The molecule has 2 N–H and O–H groups in total. The fourth-order valence-corrected chi connectivity index (χ4v) is 4.43. The SMILES string of the molecule is COc1ccncc1NS(=O)(=O)c1c(C)cccc1C(=O)NCc1ccc(F)c(F)c1. The van der Waals surface area contributed by atoms with Crippen LogP contribution in [0.4, 0.5) is 14.5 Å². The van der Waals surface area contributed by atoms with E-state index in [9.17, 15) is 22.0 Å². The minimum Gasteiger partial charge on any atom is -0.494 e. The van der Waals surface area contributed by atoms with E-state index in [0.717, 1.165) is 12.1 Å². The molecule has 1 amide bonds. The van der Waals surface area contributed by atoms with Crippen LogP contribution in [0.2, 0.25) is 0 Å². The topological polar surface area (TPSA) is 97.4 Å². The Morgan fingerprint density at radius 1 is 1.13 bits per heavy atom. The summed E-state index contributed by atoms with van der Waals surface area (Å²) in [5, 5.41) is 2.53. The maximum absolute atomic E-state index is 13.4. The molecule has 0 saturated heterocycles. The largest absolute Gasteiger partial charge is 0.494 e. The average Bonchev–Trinajstić information content (AvgIpc) is 2.74. The third-order valence-electron chi connectivity index (χ3n) is 4.41. The number of carbonyl (C=O) groups excluding carboxylic acids is 1. The number of aryl methyl sites for hydroxylation is 1. The number of aromatic nitrogens is 1. The first-order valence-corrected chi connectivity index (χ1v) is 10.5. The third-order valence-corrected chi connectivity index (χ3v) is 5.98. The van der Waals surface area contributed by atoms with E-state index in [4.69, 9.17) is 4.74 Å². The van der Waals surface area contributed by atoms with Gasteiger partial charge >= 0.3 is 0 Å². The molecule has 0 unspecified atom stereocenters. The zero-order chi connectivity index (χ0) is 22.6. The lowest BCUT2D eigenvalue weighted by molar-refractivity contribution is 0.0947. The molecule has 0 radical (unpaired) electrons. The first kappa shape index (κ1) is 22.2. The minimum atomic E-state index is -4.19. The third kappa shape index (κ3) is 4.97. The Hall–Kier alpha value is -3.53. The van der Waals surface area contributed by atoms with Crippen LogP contribution in [0.3, 0.4) is 0 Å². The minimum absolute atomic E-state index is 0.0991. The molecule has 7 nitrogen and oxygen atoms in total. The molecule has 3 aromatic rings. The zero-order valence-electron chi connectivity index (χ0n) is 16.6. The highest BCUT2D eigenvalue weighted by atomic mass is 32.2. The number of sulfonamides is 1. The van der Waals surface area contributed by atoms with Crippen LogP contribution in [0, 0.1) is 18.6 Å². The van der Waals surface area contributed by atoms with E-state index < -0.39 is 27.6 Å². The first-order valence-electron chi connectivity index (χ1n) is 9.05. The maximum Gasteiger partial charge on any atom is 0.263 e. The monoisotopic (exact) mass is 447 g/mol. The molecule has 0 aliphatic heterocycles. The van der Waals surface area contributed by atoms with Crippen LogP contribution in [-0.2, 0) is 16.6 Å². The van der Waals surface area contributed by atoms with Crippen molar-refractivity contribution in [1.82, 2.24) is 10.3 Å². The maximum atomic E-state index is 13.4. The van der Waals surface area contributed by atoms with Crippen molar-refractivity contribution in [1.29, 1.82) is 0 Å². The summed E-state index contributed by atoms with van der Waals surface area (Å²) in [4.78, 5) is 16.4. The number of hydrogen-bond donors (Lipinski definition) is 2. The molecule has 1 aromatic heterocycles. The average molecular weight is 447 g/mol. The predicted molar refractivity (Wildman–Crippen MR) is 110 cm³/mol. The molecule has 10 heteroatoms. The van der Waals surface area contributed by atoms with Gasteiger partial charge in [0.2, 0.25) is 0 Å². The summed E-state index contributed by atoms with van der Waals surface area (Å²) in [5.74, 6) is -2.47. The van der Waals surface area contributed by atoms with Crippen molar-refractivity contribution in [3.63, 3.8) is 0 Å². The van der Waals surface area contributed by atoms with Gasteiger partial charge in [0, 0.05) is 18.8 Å². The van der Waals surface area contributed by atoms with Crippen molar-refractivity contribution in [2.45, 2.75) is 18.4 Å². The Balaban J connectivity index is 1.90. The second kappa shape index (κ2) is 9.09. The normalized spacial score (nSPS) is 11.1. The Kier molecular flexibility index (Phi) is 6.50. The molecule has 162 valence electrons. The van der Waals surface area contributed by atoms with Crippen molar-refractivity contribution in [3.8, 4) is 5.75 Å². The summed E-state index contributed by atoms with van der Waals surface area (Å²) in [7, 11) is -2.80. The van der Waals surface area contributed by atoms with E-state index in [0.29, 0.717) is 11.1 Å². The van der Waals surface area contributed by atoms with Crippen LogP contribution in [0.25, 0.3) is 0 Å².